The summed E-state index contributed by atoms with van der Waals surface area (Å²) < 4.78 is 40.4. The number of ether oxygens (including phenoxy) is 4. The molecule has 4 heterocycles. The lowest BCUT2D eigenvalue weighted by molar-refractivity contribution is -0.146. The number of benzene rings is 3. The molecule has 12 nitrogen and oxygen atoms in total. The lowest BCUT2D eigenvalue weighted by Gasteiger charge is -2.40. The topological polar surface area (TPSA) is 133 Å². The van der Waals surface area contributed by atoms with E-state index in [0.29, 0.717) is 48.0 Å². The van der Waals surface area contributed by atoms with Gasteiger partial charge in [-0.3, -0.25) is 19.1 Å². The minimum atomic E-state index is -1.30. The monoisotopic (exact) mass is 699 g/mol. The number of likely N-dealkylation sites (tertiary alicyclic amines) is 1. The lowest BCUT2D eigenvalue weighted by atomic mass is 9.89. The maximum atomic E-state index is 14.9. The molecular formula is C38H42FN5O7. The van der Waals surface area contributed by atoms with Crippen LogP contribution in [0, 0.1) is 26.6 Å². The van der Waals surface area contributed by atoms with Gasteiger partial charge in [0, 0.05) is 62.8 Å². The Morgan fingerprint density at radius 2 is 1.71 bits per heavy atom. The second-order valence-corrected chi connectivity index (χ2v) is 12.8. The molecule has 1 aromatic heterocycles. The lowest BCUT2D eigenvalue weighted by Crippen LogP contribution is -2.58. The molecule has 3 aliphatic heterocycles. The van der Waals surface area contributed by atoms with E-state index in [1.54, 1.807) is 47.4 Å². The highest BCUT2D eigenvalue weighted by molar-refractivity contribution is 5.95. The molecule has 0 unspecified atom stereocenters. The molecule has 1 fully saturated rings. The van der Waals surface area contributed by atoms with Crippen LogP contribution < -0.4 is 29.6 Å². The number of carbonyl (C=O) groups excluding carboxylic acids is 3. The Balaban J connectivity index is 1.22. The second kappa shape index (κ2) is 15.1. The average molecular weight is 700 g/mol. The molecule has 3 aromatic carbocycles. The van der Waals surface area contributed by atoms with Crippen molar-refractivity contribution < 1.29 is 37.7 Å². The number of carbonyl (C=O) groups is 3. The van der Waals surface area contributed by atoms with Gasteiger partial charge in [0.25, 0.3) is 11.8 Å². The second-order valence-electron chi connectivity index (χ2n) is 12.8. The van der Waals surface area contributed by atoms with E-state index >= 15 is 0 Å². The van der Waals surface area contributed by atoms with Crippen molar-refractivity contribution in [3.8, 4) is 28.7 Å². The quantitative estimate of drug-likeness (QED) is 0.304. The Hall–Kier alpha value is -5.59. The van der Waals surface area contributed by atoms with Crippen molar-refractivity contribution in [3.63, 3.8) is 0 Å². The Morgan fingerprint density at radius 3 is 2.41 bits per heavy atom. The summed E-state index contributed by atoms with van der Waals surface area (Å²) >= 11 is 0. The fraction of sp³-hybridized carbons (Fsp3) is 0.368. The zero-order chi connectivity index (χ0) is 36.1. The molecule has 7 rings (SSSR count). The maximum Gasteiger partial charge on any atom is 0.264 e. The van der Waals surface area contributed by atoms with Crippen molar-refractivity contribution in [1.29, 1.82) is 0 Å². The number of aryl methyl sites for hydroxylation is 2. The Kier molecular flexibility index (Phi) is 10.4. The van der Waals surface area contributed by atoms with Crippen LogP contribution in [0.4, 0.5) is 4.39 Å². The van der Waals surface area contributed by atoms with Gasteiger partial charge < -0.3 is 34.5 Å². The van der Waals surface area contributed by atoms with E-state index in [2.05, 4.69) is 15.7 Å². The van der Waals surface area contributed by atoms with Crippen molar-refractivity contribution >= 4 is 17.7 Å². The van der Waals surface area contributed by atoms with Crippen LogP contribution in [0.2, 0.25) is 0 Å². The van der Waals surface area contributed by atoms with Gasteiger partial charge in [0.1, 0.15) is 29.7 Å². The number of aromatic nitrogens is 2. The number of piperidine rings is 1. The van der Waals surface area contributed by atoms with E-state index in [9.17, 15) is 18.8 Å². The molecule has 13 heteroatoms. The van der Waals surface area contributed by atoms with Crippen LogP contribution in [0.5, 0.6) is 28.7 Å². The third-order valence-electron chi connectivity index (χ3n) is 9.45. The number of methoxy groups -OCH3 is 1. The summed E-state index contributed by atoms with van der Waals surface area (Å²) in [4.78, 5) is 42.0. The summed E-state index contributed by atoms with van der Waals surface area (Å²) in [5, 5.41) is 10.3. The summed E-state index contributed by atoms with van der Waals surface area (Å²) in [5.74, 6) is 0.396. The first kappa shape index (κ1) is 35.2. The summed E-state index contributed by atoms with van der Waals surface area (Å²) in [6, 6.07) is 15.7. The Morgan fingerprint density at radius 1 is 0.961 bits per heavy atom. The molecule has 0 aliphatic carbocycles. The standard InChI is InChI=1S/C38H42FN5O7/c1-24-25(2)42-44(26(24)3)15-11-35(45)43-16-12-38(13-17-43)37(47)41-23-27-19-29(39)22-32(20-27)50-34-21-28(5-10-33(34)48-4)36(46)40-14-18-49-30-6-8-31(51-38)9-7-30/h5-10,19-22H,11-18,23H2,1-4H3,(H,40,46)(H,41,47). The number of nitrogens with one attached hydrogen (secondary N) is 2. The molecule has 268 valence electrons. The Bertz CT molecular complexity index is 1920. The molecule has 3 amide bonds. The van der Waals surface area contributed by atoms with Gasteiger partial charge in [0.2, 0.25) is 5.91 Å². The minimum Gasteiger partial charge on any atom is -0.493 e. The van der Waals surface area contributed by atoms with E-state index in [4.69, 9.17) is 18.9 Å². The summed E-state index contributed by atoms with van der Waals surface area (Å²) in [5.41, 5.74) is 2.56. The minimum absolute atomic E-state index is 0.0187. The highest BCUT2D eigenvalue weighted by Crippen LogP contribution is 2.34. The first-order valence-corrected chi connectivity index (χ1v) is 17.0. The first-order valence-electron chi connectivity index (χ1n) is 17.0. The van der Waals surface area contributed by atoms with E-state index in [1.165, 1.54) is 25.3 Å². The Labute approximate surface area is 295 Å². The maximum absolute atomic E-state index is 14.9. The summed E-state index contributed by atoms with van der Waals surface area (Å²) in [6.07, 6.45) is 0.775. The van der Waals surface area contributed by atoms with Crippen LogP contribution in [0.3, 0.4) is 0 Å². The van der Waals surface area contributed by atoms with E-state index in [1.807, 2.05) is 25.5 Å². The largest absolute Gasteiger partial charge is 0.493 e. The van der Waals surface area contributed by atoms with Crippen LogP contribution >= 0.6 is 0 Å². The summed E-state index contributed by atoms with van der Waals surface area (Å²) in [7, 11) is 1.47. The van der Waals surface area contributed by atoms with Crippen molar-refractivity contribution in [2.24, 2.45) is 0 Å². The highest BCUT2D eigenvalue weighted by Gasteiger charge is 2.44. The first-order chi connectivity index (χ1) is 24.5. The molecule has 51 heavy (non-hydrogen) atoms. The number of amides is 3. The van der Waals surface area contributed by atoms with Gasteiger partial charge in [-0.15, -0.1) is 0 Å². The van der Waals surface area contributed by atoms with Crippen molar-refractivity contribution in [3.05, 3.63) is 94.6 Å². The molecule has 0 atom stereocenters. The fourth-order valence-electron chi connectivity index (χ4n) is 6.27. The molecule has 0 saturated carbocycles. The fourth-order valence-corrected chi connectivity index (χ4v) is 6.27. The van der Waals surface area contributed by atoms with Gasteiger partial charge in [-0.2, -0.15) is 5.10 Å². The molecule has 1 spiro atoms. The molecule has 4 aromatic rings. The molecule has 0 radical (unpaired) electrons. The predicted octanol–water partition coefficient (Wildman–Crippen LogP) is 5.02. The molecule has 6 bridgehead atoms. The van der Waals surface area contributed by atoms with Crippen LogP contribution in [0.25, 0.3) is 0 Å². The summed E-state index contributed by atoms with van der Waals surface area (Å²) in [6.45, 7) is 7.47. The normalized spacial score (nSPS) is 16.2. The number of hydrogen-bond donors (Lipinski definition) is 2. The number of halogens is 1. The smallest absolute Gasteiger partial charge is 0.264 e. The van der Waals surface area contributed by atoms with Crippen LogP contribution in [-0.2, 0) is 22.7 Å². The van der Waals surface area contributed by atoms with Gasteiger partial charge in [-0.1, -0.05) is 0 Å². The number of rotatable bonds is 4. The van der Waals surface area contributed by atoms with E-state index in [0.717, 1.165) is 17.0 Å². The number of fused-ring (bicyclic) bond motifs is 8. The van der Waals surface area contributed by atoms with Gasteiger partial charge >= 0.3 is 0 Å². The zero-order valence-corrected chi connectivity index (χ0v) is 29.2. The third kappa shape index (κ3) is 8.08. The van der Waals surface area contributed by atoms with Crippen LogP contribution in [0.15, 0.2) is 60.7 Å². The SMILES string of the molecule is COc1ccc2cc1Oc1cc(F)cc(c1)CNC(=O)C1(CCN(C(=O)CCn3nc(C)c(C)c3C)CC1)Oc1ccc(cc1)OCCNC2=O. The highest BCUT2D eigenvalue weighted by atomic mass is 19.1. The molecule has 1 saturated heterocycles. The van der Waals surface area contributed by atoms with Crippen molar-refractivity contribution in [1.82, 2.24) is 25.3 Å². The van der Waals surface area contributed by atoms with Gasteiger partial charge in [0.05, 0.1) is 19.3 Å². The van der Waals surface area contributed by atoms with Crippen molar-refractivity contribution in [2.45, 2.75) is 58.7 Å². The number of hydrogen-bond acceptors (Lipinski definition) is 8. The van der Waals surface area contributed by atoms with E-state index in [-0.39, 0.29) is 68.2 Å². The molecule has 2 N–H and O–H groups in total. The molecular weight excluding hydrogens is 657 g/mol. The predicted molar refractivity (Wildman–Crippen MR) is 186 cm³/mol. The average Bonchev–Trinajstić information content (AvgIpc) is 3.37. The van der Waals surface area contributed by atoms with Gasteiger partial charge in [-0.25, -0.2) is 4.39 Å². The van der Waals surface area contributed by atoms with Crippen molar-refractivity contribution in [2.75, 3.05) is 33.4 Å². The van der Waals surface area contributed by atoms with Crippen LogP contribution in [-0.4, -0.2) is 71.4 Å². The van der Waals surface area contributed by atoms with E-state index < -0.39 is 11.4 Å². The van der Waals surface area contributed by atoms with Gasteiger partial charge in [-0.05, 0) is 86.5 Å². The molecule has 3 aliphatic rings. The van der Waals surface area contributed by atoms with Crippen LogP contribution in [0.1, 0.15) is 52.1 Å². The third-order valence-corrected chi connectivity index (χ3v) is 9.45. The zero-order valence-electron chi connectivity index (χ0n) is 29.2. The number of nitrogens with zero attached hydrogens (tertiary/aromatic N) is 3. The van der Waals surface area contributed by atoms with Gasteiger partial charge in [0.15, 0.2) is 17.1 Å².